The summed E-state index contributed by atoms with van der Waals surface area (Å²) in [6.07, 6.45) is 0.720. The fourth-order valence-electron chi connectivity index (χ4n) is 2.78. The minimum absolute atomic E-state index is 0.0967. The van der Waals surface area contributed by atoms with Gasteiger partial charge in [-0.25, -0.2) is 0 Å². The molecule has 4 aromatic rings. The van der Waals surface area contributed by atoms with Gasteiger partial charge in [0.15, 0.2) is 5.16 Å². The number of aromatic nitrogens is 3. The number of thioether (sulfide) groups is 1. The van der Waals surface area contributed by atoms with E-state index < -0.39 is 0 Å². The molecule has 0 bridgehead atoms. The first-order valence-electron chi connectivity index (χ1n) is 8.59. The zero-order valence-corrected chi connectivity index (χ0v) is 16.4. The summed E-state index contributed by atoms with van der Waals surface area (Å²) in [6, 6.07) is 20.8. The molecule has 4 rings (SSSR count). The lowest BCUT2D eigenvalue weighted by molar-refractivity contribution is -0.384. The smallest absolute Gasteiger partial charge is 0.269 e. The van der Waals surface area contributed by atoms with Crippen molar-refractivity contribution in [3.8, 4) is 5.69 Å². The Morgan fingerprint density at radius 1 is 1.00 bits per heavy atom. The Kier molecular flexibility index (Phi) is 5.50. The summed E-state index contributed by atoms with van der Waals surface area (Å²) in [5.41, 5.74) is 2.11. The van der Waals surface area contributed by atoms with Crippen molar-refractivity contribution in [1.29, 1.82) is 0 Å². The van der Waals surface area contributed by atoms with E-state index in [1.807, 2.05) is 36.4 Å². The van der Waals surface area contributed by atoms with Crippen LogP contribution in [0, 0.1) is 10.1 Å². The number of hydrogen-bond donors (Lipinski definition) is 0. The molecule has 28 heavy (non-hydrogen) atoms. The lowest BCUT2D eigenvalue weighted by Gasteiger charge is -2.10. The highest BCUT2D eigenvalue weighted by Crippen LogP contribution is 2.27. The minimum Gasteiger partial charge on any atom is -0.274 e. The second-order valence-corrected chi connectivity index (χ2v) is 8.01. The predicted octanol–water partition coefficient (Wildman–Crippen LogP) is 5.12. The van der Waals surface area contributed by atoms with Crippen LogP contribution in [0.2, 0.25) is 0 Å². The summed E-state index contributed by atoms with van der Waals surface area (Å²) in [4.78, 5) is 11.6. The van der Waals surface area contributed by atoms with Crippen LogP contribution in [0.25, 0.3) is 5.69 Å². The number of hydrogen-bond acceptors (Lipinski definition) is 6. The molecule has 0 amide bonds. The summed E-state index contributed by atoms with van der Waals surface area (Å²) in [6.45, 7) is 0. The third-order valence-electron chi connectivity index (χ3n) is 4.14. The molecule has 0 radical (unpaired) electrons. The number of benzene rings is 2. The highest BCUT2D eigenvalue weighted by atomic mass is 32.2. The number of rotatable bonds is 7. The van der Waals surface area contributed by atoms with Crippen molar-refractivity contribution >= 4 is 28.8 Å². The van der Waals surface area contributed by atoms with Crippen molar-refractivity contribution in [1.82, 2.24) is 14.8 Å². The summed E-state index contributed by atoms with van der Waals surface area (Å²) in [5.74, 6) is 1.54. The highest BCUT2D eigenvalue weighted by Gasteiger charge is 2.15. The molecule has 0 aliphatic rings. The number of nitro benzene ring substituents is 1. The van der Waals surface area contributed by atoms with Gasteiger partial charge in [0, 0.05) is 34.9 Å². The fraction of sp³-hybridized carbons (Fsp3) is 0.100. The standard InChI is InChI=1S/C20H16N4O2S2/c25-24(26)17-10-8-15(9-11-17)14-28-20-22-21-19(13-18-7-4-12-27-18)23(20)16-5-2-1-3-6-16/h1-12H,13-14H2. The van der Waals surface area contributed by atoms with Gasteiger partial charge < -0.3 is 0 Å². The number of nitro groups is 1. The van der Waals surface area contributed by atoms with Crippen molar-refractivity contribution < 1.29 is 4.92 Å². The molecule has 0 N–H and O–H groups in total. The average molecular weight is 409 g/mol. The molecule has 0 saturated carbocycles. The first-order chi connectivity index (χ1) is 13.7. The summed E-state index contributed by atoms with van der Waals surface area (Å²) in [7, 11) is 0. The van der Waals surface area contributed by atoms with E-state index >= 15 is 0 Å². The van der Waals surface area contributed by atoms with Crippen LogP contribution in [-0.4, -0.2) is 19.7 Å². The van der Waals surface area contributed by atoms with Gasteiger partial charge >= 0.3 is 0 Å². The Labute approximate surface area is 170 Å². The van der Waals surface area contributed by atoms with Gasteiger partial charge in [-0.2, -0.15) is 0 Å². The molecule has 0 atom stereocenters. The lowest BCUT2D eigenvalue weighted by atomic mass is 10.2. The van der Waals surface area contributed by atoms with Crippen molar-refractivity contribution in [3.05, 3.63) is 98.5 Å². The Morgan fingerprint density at radius 3 is 2.46 bits per heavy atom. The largest absolute Gasteiger partial charge is 0.274 e. The van der Waals surface area contributed by atoms with Crippen LogP contribution >= 0.6 is 23.1 Å². The Balaban J connectivity index is 1.59. The monoisotopic (exact) mass is 408 g/mol. The molecular weight excluding hydrogens is 392 g/mol. The molecule has 140 valence electrons. The van der Waals surface area contributed by atoms with E-state index in [-0.39, 0.29) is 10.6 Å². The molecule has 0 aliphatic carbocycles. The maximum Gasteiger partial charge on any atom is 0.269 e. The quantitative estimate of drug-likeness (QED) is 0.241. The van der Waals surface area contributed by atoms with Gasteiger partial charge in [-0.3, -0.25) is 14.7 Å². The molecule has 8 heteroatoms. The molecule has 2 aromatic carbocycles. The molecular formula is C20H16N4O2S2. The molecule has 6 nitrogen and oxygen atoms in total. The molecule has 0 saturated heterocycles. The van der Waals surface area contributed by atoms with Crippen molar-refractivity contribution in [2.75, 3.05) is 0 Å². The maximum atomic E-state index is 10.8. The van der Waals surface area contributed by atoms with Gasteiger partial charge in [0.25, 0.3) is 5.69 Å². The molecule has 2 aromatic heterocycles. The van der Waals surface area contributed by atoms with E-state index in [0.29, 0.717) is 5.75 Å². The third kappa shape index (κ3) is 4.13. The normalized spacial score (nSPS) is 10.9. The van der Waals surface area contributed by atoms with Gasteiger partial charge in [-0.15, -0.1) is 21.5 Å². The number of thiophene rings is 1. The maximum absolute atomic E-state index is 10.8. The summed E-state index contributed by atoms with van der Waals surface area (Å²) >= 11 is 3.27. The van der Waals surface area contributed by atoms with Crippen LogP contribution in [-0.2, 0) is 12.2 Å². The zero-order chi connectivity index (χ0) is 19.3. The molecule has 0 spiro atoms. The summed E-state index contributed by atoms with van der Waals surface area (Å²) < 4.78 is 2.08. The van der Waals surface area contributed by atoms with Crippen LogP contribution in [0.4, 0.5) is 5.69 Å². The zero-order valence-electron chi connectivity index (χ0n) is 14.8. The van der Waals surface area contributed by atoms with Crippen molar-refractivity contribution in [2.24, 2.45) is 0 Å². The van der Waals surface area contributed by atoms with E-state index in [2.05, 4.69) is 26.2 Å². The Hall–Kier alpha value is -2.97. The first kappa shape index (κ1) is 18.4. The van der Waals surface area contributed by atoms with Crippen LogP contribution < -0.4 is 0 Å². The Morgan fingerprint density at radius 2 is 1.79 bits per heavy atom. The molecule has 0 fully saturated rings. The van der Waals surface area contributed by atoms with Crippen LogP contribution in [0.15, 0.2) is 77.3 Å². The van der Waals surface area contributed by atoms with Crippen LogP contribution in [0.3, 0.4) is 0 Å². The fourth-order valence-corrected chi connectivity index (χ4v) is 4.40. The van der Waals surface area contributed by atoms with Crippen molar-refractivity contribution in [2.45, 2.75) is 17.3 Å². The average Bonchev–Trinajstić information content (AvgIpc) is 3.37. The molecule has 0 unspecified atom stereocenters. The van der Waals surface area contributed by atoms with Crippen LogP contribution in [0.1, 0.15) is 16.3 Å². The highest BCUT2D eigenvalue weighted by molar-refractivity contribution is 7.98. The van der Waals surface area contributed by atoms with E-state index in [1.165, 1.54) is 17.0 Å². The van der Waals surface area contributed by atoms with Gasteiger partial charge in [-0.1, -0.05) is 48.2 Å². The topological polar surface area (TPSA) is 73.8 Å². The molecule has 2 heterocycles. The van der Waals surface area contributed by atoms with Crippen LogP contribution in [0.5, 0.6) is 0 Å². The Bertz CT molecular complexity index is 1060. The lowest BCUT2D eigenvalue weighted by Crippen LogP contribution is -2.03. The number of non-ortho nitro benzene ring substituents is 1. The van der Waals surface area contributed by atoms with E-state index in [4.69, 9.17) is 0 Å². The minimum atomic E-state index is -0.389. The van der Waals surface area contributed by atoms with Gasteiger partial charge in [0.1, 0.15) is 5.82 Å². The van der Waals surface area contributed by atoms with Gasteiger partial charge in [-0.05, 0) is 29.1 Å². The number of para-hydroxylation sites is 1. The second kappa shape index (κ2) is 8.37. The van der Waals surface area contributed by atoms with Gasteiger partial charge in [0.2, 0.25) is 0 Å². The van der Waals surface area contributed by atoms with Crippen molar-refractivity contribution in [3.63, 3.8) is 0 Å². The molecule has 0 aliphatic heterocycles. The van der Waals surface area contributed by atoms with E-state index in [0.717, 1.165) is 28.7 Å². The second-order valence-electron chi connectivity index (χ2n) is 6.04. The number of nitrogens with zero attached hydrogens (tertiary/aromatic N) is 4. The predicted molar refractivity (Wildman–Crippen MR) is 111 cm³/mol. The van der Waals surface area contributed by atoms with Gasteiger partial charge in [0.05, 0.1) is 4.92 Å². The van der Waals surface area contributed by atoms with E-state index in [1.54, 1.807) is 35.2 Å². The SMILES string of the molecule is O=[N+]([O-])c1ccc(CSc2nnc(Cc3cccs3)n2-c2ccccc2)cc1. The van der Waals surface area contributed by atoms with E-state index in [9.17, 15) is 10.1 Å². The third-order valence-corrected chi connectivity index (χ3v) is 6.02. The first-order valence-corrected chi connectivity index (χ1v) is 10.5. The summed E-state index contributed by atoms with van der Waals surface area (Å²) in [5, 5.41) is 22.5.